The van der Waals surface area contributed by atoms with Gasteiger partial charge >= 0.3 is 0 Å². The number of hydrogen-bond acceptors (Lipinski definition) is 6. The van der Waals surface area contributed by atoms with Gasteiger partial charge in [0.2, 0.25) is 11.8 Å². The summed E-state index contributed by atoms with van der Waals surface area (Å²) in [6, 6.07) is 11.1. The van der Waals surface area contributed by atoms with Gasteiger partial charge in [-0.1, -0.05) is 18.2 Å². The van der Waals surface area contributed by atoms with Crippen LogP contribution in [0.15, 0.2) is 42.6 Å². The molecule has 2 aromatic rings. The number of carbonyl (C=O) groups excluding carboxylic acids is 1. The number of nitrogens with two attached hydrogens (primary N) is 1. The number of para-hydroxylation sites is 2. The molecular formula is C20H25N3O4. The van der Waals surface area contributed by atoms with Crippen molar-refractivity contribution in [3.8, 4) is 17.4 Å². The minimum atomic E-state index is -0.413. The van der Waals surface area contributed by atoms with Gasteiger partial charge < -0.3 is 25.3 Å². The van der Waals surface area contributed by atoms with Gasteiger partial charge in [0.05, 0.1) is 12.7 Å². The topological polar surface area (TPSA) is 95.7 Å². The van der Waals surface area contributed by atoms with Crippen LogP contribution in [0.25, 0.3) is 0 Å². The van der Waals surface area contributed by atoms with E-state index in [1.54, 1.807) is 12.3 Å². The van der Waals surface area contributed by atoms with Crippen molar-refractivity contribution >= 4 is 5.91 Å². The fraction of sp³-hybridized carbons (Fsp3) is 0.400. The third kappa shape index (κ3) is 5.18. The number of pyridine rings is 1. The Bertz CT molecular complexity index is 751. The summed E-state index contributed by atoms with van der Waals surface area (Å²) in [5.41, 5.74) is 6.45. The van der Waals surface area contributed by atoms with Crippen molar-refractivity contribution in [1.82, 2.24) is 10.3 Å². The quantitative estimate of drug-likeness (QED) is 0.740. The van der Waals surface area contributed by atoms with Crippen LogP contribution in [0.3, 0.4) is 0 Å². The minimum absolute atomic E-state index is 0.0154. The molecule has 3 N–H and O–H groups in total. The van der Waals surface area contributed by atoms with Crippen molar-refractivity contribution in [3.63, 3.8) is 0 Å². The number of nitrogens with one attached hydrogen (secondary N) is 1. The Morgan fingerprint density at radius 3 is 2.74 bits per heavy atom. The van der Waals surface area contributed by atoms with Crippen molar-refractivity contribution in [2.45, 2.75) is 38.5 Å². The van der Waals surface area contributed by atoms with E-state index in [1.807, 2.05) is 37.3 Å². The molecule has 144 valence electrons. The van der Waals surface area contributed by atoms with Crippen LogP contribution in [0, 0.1) is 0 Å². The third-order valence-electron chi connectivity index (χ3n) is 4.29. The number of rotatable bonds is 8. The van der Waals surface area contributed by atoms with Crippen LogP contribution in [0.5, 0.6) is 17.4 Å². The number of benzene rings is 1. The molecule has 3 rings (SSSR count). The van der Waals surface area contributed by atoms with E-state index < -0.39 is 6.10 Å². The average Bonchev–Trinajstić information content (AvgIpc) is 3.18. The smallest absolute Gasteiger partial charge is 0.249 e. The van der Waals surface area contributed by atoms with E-state index >= 15 is 0 Å². The van der Waals surface area contributed by atoms with Gasteiger partial charge in [-0.3, -0.25) is 4.79 Å². The van der Waals surface area contributed by atoms with E-state index in [2.05, 4.69) is 10.3 Å². The van der Waals surface area contributed by atoms with Gasteiger partial charge in [-0.15, -0.1) is 0 Å². The van der Waals surface area contributed by atoms with Crippen molar-refractivity contribution in [3.05, 3.63) is 48.2 Å². The van der Waals surface area contributed by atoms with E-state index in [0.29, 0.717) is 43.5 Å². The number of aromatic nitrogens is 1. The second-order valence-corrected chi connectivity index (χ2v) is 6.26. The molecule has 7 nitrogen and oxygen atoms in total. The van der Waals surface area contributed by atoms with E-state index in [-0.39, 0.29) is 12.0 Å². The lowest BCUT2D eigenvalue weighted by molar-refractivity contribution is -0.132. The summed E-state index contributed by atoms with van der Waals surface area (Å²) in [5, 5.41) is 2.87. The van der Waals surface area contributed by atoms with Gasteiger partial charge in [0.15, 0.2) is 11.5 Å². The first-order chi connectivity index (χ1) is 13.2. The molecule has 0 bridgehead atoms. The number of amides is 1. The highest BCUT2D eigenvalue weighted by molar-refractivity contribution is 5.81. The summed E-state index contributed by atoms with van der Waals surface area (Å²) in [5.74, 6) is 1.63. The van der Waals surface area contributed by atoms with Crippen LogP contribution in [0.4, 0.5) is 0 Å². The molecule has 7 heteroatoms. The van der Waals surface area contributed by atoms with E-state index in [9.17, 15) is 4.79 Å². The predicted octanol–water partition coefficient (Wildman–Crippen LogP) is 2.40. The van der Waals surface area contributed by atoms with E-state index in [0.717, 1.165) is 12.0 Å². The number of carbonyl (C=O) groups is 1. The largest absolute Gasteiger partial charge is 0.490 e. The molecule has 1 fully saturated rings. The first-order valence-corrected chi connectivity index (χ1v) is 9.17. The van der Waals surface area contributed by atoms with Gasteiger partial charge in [-0.25, -0.2) is 4.98 Å². The zero-order valence-corrected chi connectivity index (χ0v) is 15.4. The van der Waals surface area contributed by atoms with Crippen LogP contribution in [-0.2, 0) is 16.1 Å². The molecule has 1 amide bonds. The molecule has 0 saturated carbocycles. The van der Waals surface area contributed by atoms with Crippen LogP contribution in [0.1, 0.15) is 25.3 Å². The Morgan fingerprint density at radius 2 is 2.07 bits per heavy atom. The summed E-state index contributed by atoms with van der Waals surface area (Å²) in [6.45, 7) is 3.31. The fourth-order valence-corrected chi connectivity index (χ4v) is 2.87. The lowest BCUT2D eigenvalue weighted by Crippen LogP contribution is -2.35. The second kappa shape index (κ2) is 9.34. The Kier molecular flexibility index (Phi) is 6.62. The van der Waals surface area contributed by atoms with Gasteiger partial charge in [-0.05, 0) is 37.5 Å². The zero-order valence-electron chi connectivity index (χ0n) is 15.4. The molecule has 1 aliphatic rings. The highest BCUT2D eigenvalue weighted by atomic mass is 16.5. The van der Waals surface area contributed by atoms with Crippen molar-refractivity contribution in [2.75, 3.05) is 13.2 Å². The van der Waals surface area contributed by atoms with Crippen molar-refractivity contribution in [1.29, 1.82) is 0 Å². The SMILES string of the molecule is CCOc1ccccc1Oc1ccc(CNC(=O)[C@@H]2CC[C@H](CN)O2)cn1. The second-order valence-electron chi connectivity index (χ2n) is 6.26. The molecule has 1 aromatic heterocycles. The molecule has 2 heterocycles. The van der Waals surface area contributed by atoms with Gasteiger partial charge in [-0.2, -0.15) is 0 Å². The van der Waals surface area contributed by atoms with Gasteiger partial charge in [0.1, 0.15) is 6.10 Å². The highest BCUT2D eigenvalue weighted by Gasteiger charge is 2.29. The summed E-state index contributed by atoms with van der Waals surface area (Å²) in [6.07, 6.45) is 2.78. The maximum atomic E-state index is 12.2. The lowest BCUT2D eigenvalue weighted by Gasteiger charge is -2.13. The maximum Gasteiger partial charge on any atom is 0.249 e. The Morgan fingerprint density at radius 1 is 1.26 bits per heavy atom. The van der Waals surface area contributed by atoms with Gasteiger partial charge in [0.25, 0.3) is 0 Å². The fourth-order valence-electron chi connectivity index (χ4n) is 2.87. The number of nitrogens with zero attached hydrogens (tertiary/aromatic N) is 1. The average molecular weight is 371 g/mol. The molecule has 0 aliphatic carbocycles. The molecule has 1 saturated heterocycles. The van der Waals surface area contributed by atoms with Crippen LogP contribution in [0.2, 0.25) is 0 Å². The molecule has 0 unspecified atom stereocenters. The first kappa shape index (κ1) is 19.1. The number of hydrogen-bond donors (Lipinski definition) is 2. The molecule has 1 aromatic carbocycles. The minimum Gasteiger partial charge on any atom is -0.490 e. The van der Waals surface area contributed by atoms with Gasteiger partial charge in [0, 0.05) is 25.4 Å². The zero-order chi connectivity index (χ0) is 19.1. The normalized spacial score (nSPS) is 18.9. The molecular weight excluding hydrogens is 346 g/mol. The first-order valence-electron chi connectivity index (χ1n) is 9.17. The number of ether oxygens (including phenoxy) is 3. The molecule has 0 spiro atoms. The molecule has 27 heavy (non-hydrogen) atoms. The Labute approximate surface area is 158 Å². The van der Waals surface area contributed by atoms with Crippen LogP contribution in [-0.4, -0.2) is 36.3 Å². The standard InChI is InChI=1S/C20H25N3O4/c1-2-25-16-5-3-4-6-17(16)27-19-10-7-14(12-22-19)13-23-20(24)18-9-8-15(11-21)26-18/h3-7,10,12,15,18H,2,8-9,11,13,21H2,1H3,(H,23,24)/t15-,18+/m1/s1. The molecule has 2 atom stereocenters. The Hall–Kier alpha value is -2.64. The summed E-state index contributed by atoms with van der Waals surface area (Å²) in [7, 11) is 0. The van der Waals surface area contributed by atoms with Crippen molar-refractivity contribution < 1.29 is 19.0 Å². The Balaban J connectivity index is 1.53. The monoisotopic (exact) mass is 371 g/mol. The summed E-state index contributed by atoms with van der Waals surface area (Å²) in [4.78, 5) is 16.5. The van der Waals surface area contributed by atoms with E-state index in [1.165, 1.54) is 0 Å². The van der Waals surface area contributed by atoms with E-state index in [4.69, 9.17) is 19.9 Å². The lowest BCUT2D eigenvalue weighted by atomic mass is 10.2. The van der Waals surface area contributed by atoms with Crippen LogP contribution >= 0.6 is 0 Å². The highest BCUT2D eigenvalue weighted by Crippen LogP contribution is 2.30. The molecule has 1 aliphatic heterocycles. The van der Waals surface area contributed by atoms with Crippen molar-refractivity contribution in [2.24, 2.45) is 5.73 Å². The summed E-state index contributed by atoms with van der Waals surface area (Å²) < 4.78 is 16.9. The third-order valence-corrected chi connectivity index (χ3v) is 4.29. The van der Waals surface area contributed by atoms with Crippen LogP contribution < -0.4 is 20.5 Å². The predicted molar refractivity (Wildman–Crippen MR) is 101 cm³/mol. The summed E-state index contributed by atoms with van der Waals surface area (Å²) >= 11 is 0. The maximum absolute atomic E-state index is 12.2. The molecule has 0 radical (unpaired) electrons.